The first-order valence-corrected chi connectivity index (χ1v) is 11.1. The minimum absolute atomic E-state index is 0.352. The molecule has 146 valence electrons. The second-order valence-corrected chi connectivity index (χ2v) is 8.99. The number of benzene rings is 2. The van der Waals surface area contributed by atoms with E-state index < -0.39 is 0 Å². The molecule has 0 amide bonds. The predicted molar refractivity (Wildman–Crippen MR) is 115 cm³/mol. The van der Waals surface area contributed by atoms with Crippen molar-refractivity contribution in [2.45, 2.75) is 50.2 Å². The summed E-state index contributed by atoms with van der Waals surface area (Å²) in [4.78, 5) is 4.89. The van der Waals surface area contributed by atoms with Crippen molar-refractivity contribution in [3.63, 3.8) is 0 Å². The zero-order valence-electron chi connectivity index (χ0n) is 16.3. The van der Waals surface area contributed by atoms with E-state index in [1.165, 1.54) is 46.5 Å². The first-order valence-electron chi connectivity index (χ1n) is 10.3. The summed E-state index contributed by atoms with van der Waals surface area (Å²) in [6.07, 6.45) is 4.97. The minimum Gasteiger partial charge on any atom is -0.496 e. The van der Waals surface area contributed by atoms with E-state index in [-0.39, 0.29) is 0 Å². The fourth-order valence-corrected chi connectivity index (χ4v) is 5.36. The highest BCUT2D eigenvalue weighted by molar-refractivity contribution is 7.18. The van der Waals surface area contributed by atoms with Crippen molar-refractivity contribution in [3.05, 3.63) is 58.6 Å². The molecule has 1 saturated carbocycles. The molecule has 0 radical (unpaired) electrons. The molecular formula is C23H27N3OS. The van der Waals surface area contributed by atoms with Crippen LogP contribution in [-0.2, 0) is 6.54 Å². The molecule has 2 fully saturated rings. The minimum atomic E-state index is 0.352. The Morgan fingerprint density at radius 2 is 2.04 bits per heavy atom. The van der Waals surface area contributed by atoms with Gasteiger partial charge >= 0.3 is 0 Å². The van der Waals surface area contributed by atoms with E-state index in [9.17, 15) is 0 Å². The van der Waals surface area contributed by atoms with Crippen molar-refractivity contribution in [1.29, 1.82) is 0 Å². The maximum absolute atomic E-state index is 5.71. The van der Waals surface area contributed by atoms with Crippen LogP contribution in [0.4, 0.5) is 0 Å². The quantitative estimate of drug-likeness (QED) is 0.633. The summed E-state index contributed by atoms with van der Waals surface area (Å²) < 4.78 is 6.95. The van der Waals surface area contributed by atoms with Crippen LogP contribution in [-0.4, -0.2) is 24.7 Å². The highest BCUT2D eigenvalue weighted by atomic mass is 32.1. The Morgan fingerprint density at radius 1 is 1.18 bits per heavy atom. The highest BCUT2D eigenvalue weighted by Gasteiger charge is 2.28. The van der Waals surface area contributed by atoms with Crippen LogP contribution in [0, 0.1) is 0 Å². The van der Waals surface area contributed by atoms with Gasteiger partial charge in [-0.1, -0.05) is 30.3 Å². The summed E-state index contributed by atoms with van der Waals surface area (Å²) in [6.45, 7) is 1.88. The number of hydrogen-bond donors (Lipinski definition) is 2. The molecule has 2 N–H and O–H groups in total. The molecule has 3 aromatic rings. The van der Waals surface area contributed by atoms with Gasteiger partial charge in [-0.15, -0.1) is 11.3 Å². The number of methoxy groups -OCH3 is 1. The number of rotatable bonds is 6. The molecule has 5 heteroatoms. The zero-order valence-corrected chi connectivity index (χ0v) is 17.1. The van der Waals surface area contributed by atoms with Crippen LogP contribution < -0.4 is 15.4 Å². The number of ether oxygens (including phenoxy) is 1. The van der Waals surface area contributed by atoms with E-state index in [1.54, 1.807) is 7.11 Å². The van der Waals surface area contributed by atoms with Gasteiger partial charge in [0.15, 0.2) is 0 Å². The van der Waals surface area contributed by atoms with Crippen LogP contribution in [0.2, 0.25) is 0 Å². The molecule has 5 rings (SSSR count). The van der Waals surface area contributed by atoms with Gasteiger partial charge in [0, 0.05) is 30.1 Å². The fraction of sp³-hybridized carbons (Fsp3) is 0.435. The van der Waals surface area contributed by atoms with Crippen LogP contribution in [0.3, 0.4) is 0 Å². The fourth-order valence-electron chi connectivity index (χ4n) is 4.21. The second-order valence-electron chi connectivity index (χ2n) is 7.93. The molecule has 0 unspecified atom stereocenters. The van der Waals surface area contributed by atoms with Gasteiger partial charge in [-0.25, -0.2) is 4.98 Å². The van der Waals surface area contributed by atoms with Gasteiger partial charge < -0.3 is 15.4 Å². The second kappa shape index (κ2) is 7.82. The normalized spacial score (nSPS) is 22.5. The molecule has 2 atom stereocenters. The van der Waals surface area contributed by atoms with Gasteiger partial charge in [0.2, 0.25) is 0 Å². The van der Waals surface area contributed by atoms with Crippen LogP contribution in [0.5, 0.6) is 5.75 Å². The number of hydrogen-bond acceptors (Lipinski definition) is 5. The molecule has 2 heterocycles. The average Bonchev–Trinajstić information content (AvgIpc) is 3.52. The molecule has 1 aliphatic heterocycles. The Morgan fingerprint density at radius 3 is 2.82 bits per heavy atom. The molecule has 1 aliphatic carbocycles. The van der Waals surface area contributed by atoms with E-state index >= 15 is 0 Å². The van der Waals surface area contributed by atoms with Crippen molar-refractivity contribution >= 4 is 21.6 Å². The monoisotopic (exact) mass is 393 g/mol. The smallest absolute Gasteiger partial charge is 0.124 e. The number of nitrogens with zero attached hydrogens (tertiary/aromatic N) is 1. The lowest BCUT2D eigenvalue weighted by Crippen LogP contribution is -2.45. The first kappa shape index (κ1) is 18.1. The number of fused-ring (bicyclic) bond motifs is 1. The van der Waals surface area contributed by atoms with E-state index in [1.807, 2.05) is 11.3 Å². The van der Waals surface area contributed by atoms with Crippen LogP contribution in [0.1, 0.15) is 53.8 Å². The van der Waals surface area contributed by atoms with Gasteiger partial charge in [0.1, 0.15) is 5.75 Å². The Kier molecular flexibility index (Phi) is 5.05. The molecule has 4 nitrogen and oxygen atoms in total. The number of aromatic nitrogens is 1. The van der Waals surface area contributed by atoms with Crippen molar-refractivity contribution < 1.29 is 4.74 Å². The maximum atomic E-state index is 5.71. The molecule has 28 heavy (non-hydrogen) atoms. The summed E-state index contributed by atoms with van der Waals surface area (Å²) in [5, 5.41) is 8.79. The third kappa shape index (κ3) is 3.66. The Bertz CT molecular complexity index is 951. The first-order chi connectivity index (χ1) is 13.8. The van der Waals surface area contributed by atoms with Gasteiger partial charge in [-0.05, 0) is 49.9 Å². The van der Waals surface area contributed by atoms with Gasteiger partial charge in [0.05, 0.1) is 22.3 Å². The topological polar surface area (TPSA) is 46.2 Å². The Hall–Kier alpha value is -1.95. The summed E-state index contributed by atoms with van der Waals surface area (Å²) >= 11 is 1.83. The van der Waals surface area contributed by atoms with Gasteiger partial charge in [-0.2, -0.15) is 0 Å². The van der Waals surface area contributed by atoms with Crippen LogP contribution in [0.25, 0.3) is 10.2 Å². The number of thiazole rings is 1. The number of nitrogens with one attached hydrogen (secondary N) is 2. The molecule has 2 aromatic carbocycles. The van der Waals surface area contributed by atoms with E-state index in [0.717, 1.165) is 24.4 Å². The number of piperidine rings is 1. The molecule has 2 aliphatic rings. The lowest BCUT2D eigenvalue weighted by molar-refractivity contribution is 0.303. The van der Waals surface area contributed by atoms with E-state index in [2.05, 4.69) is 53.1 Å². The molecule has 0 bridgehead atoms. The van der Waals surface area contributed by atoms with Crippen molar-refractivity contribution in [2.75, 3.05) is 13.7 Å². The largest absolute Gasteiger partial charge is 0.496 e. The zero-order chi connectivity index (χ0) is 18.9. The predicted octanol–water partition coefficient (Wildman–Crippen LogP) is 4.77. The lowest BCUT2D eigenvalue weighted by atomic mass is 9.92. The maximum Gasteiger partial charge on any atom is 0.124 e. The lowest BCUT2D eigenvalue weighted by Gasteiger charge is -2.34. The van der Waals surface area contributed by atoms with Crippen LogP contribution in [0.15, 0.2) is 42.5 Å². The summed E-state index contributed by atoms with van der Waals surface area (Å²) in [7, 11) is 1.77. The summed E-state index contributed by atoms with van der Waals surface area (Å²) in [5.41, 5.74) is 3.67. The van der Waals surface area contributed by atoms with Crippen molar-refractivity contribution in [2.24, 2.45) is 0 Å². The van der Waals surface area contributed by atoms with Crippen molar-refractivity contribution in [3.8, 4) is 5.75 Å². The third-order valence-electron chi connectivity index (χ3n) is 5.91. The SMILES string of the molecule is COc1cc2sc(C3CC3)nc2cc1CN[C@H]1CCCN[C@H]1c1ccccc1. The standard InChI is InChI=1S/C23H27N3OS/c1-27-20-13-21-19(26-23(28-21)16-9-10-16)12-17(20)14-25-18-8-5-11-24-22(18)15-6-3-2-4-7-15/h2-4,6-7,12-13,16,18,22,24-25H,5,8-11,14H2,1H3/t18-,22-/m0/s1. The van der Waals surface area contributed by atoms with Gasteiger partial charge in [0.25, 0.3) is 0 Å². The molecule has 0 spiro atoms. The van der Waals surface area contributed by atoms with Crippen molar-refractivity contribution in [1.82, 2.24) is 15.6 Å². The van der Waals surface area contributed by atoms with E-state index in [4.69, 9.17) is 9.72 Å². The Balaban J connectivity index is 1.36. The molecule has 1 aromatic heterocycles. The molecular weight excluding hydrogens is 366 g/mol. The van der Waals surface area contributed by atoms with Gasteiger partial charge in [-0.3, -0.25) is 0 Å². The molecule has 1 saturated heterocycles. The van der Waals surface area contributed by atoms with Crippen LogP contribution >= 0.6 is 11.3 Å². The van der Waals surface area contributed by atoms with E-state index in [0.29, 0.717) is 18.0 Å². The summed E-state index contributed by atoms with van der Waals surface area (Å²) in [6, 6.07) is 15.9. The highest BCUT2D eigenvalue weighted by Crippen LogP contribution is 2.44. The third-order valence-corrected chi connectivity index (χ3v) is 7.09. The Labute approximate surface area is 170 Å². The average molecular weight is 394 g/mol. The summed E-state index contributed by atoms with van der Waals surface area (Å²) in [5.74, 6) is 1.66.